The van der Waals surface area contributed by atoms with Crippen molar-refractivity contribution in [1.29, 1.82) is 0 Å². The summed E-state index contributed by atoms with van der Waals surface area (Å²) in [4.78, 5) is 31.3. The molecule has 19 nitrogen and oxygen atoms in total. The van der Waals surface area contributed by atoms with Crippen LogP contribution in [0.3, 0.4) is 0 Å². The smallest absolute Gasteiger partial charge is 0.344 e. The number of nitrogens with two attached hydrogens (primary N) is 1. The highest BCUT2D eigenvalue weighted by Gasteiger charge is 2.67. The number of aromatic hydroxyl groups is 2. The van der Waals surface area contributed by atoms with Gasteiger partial charge in [-0.2, -0.15) is 0 Å². The van der Waals surface area contributed by atoms with Gasteiger partial charge in [-0.05, 0) is 74.3 Å². The van der Waals surface area contributed by atoms with Crippen LogP contribution in [-0.2, 0) is 28.7 Å². The van der Waals surface area contributed by atoms with Crippen LogP contribution in [0.25, 0.3) is 0 Å². The second-order valence-corrected chi connectivity index (χ2v) is 19.0. The molecule has 0 aromatic heterocycles. The normalized spacial score (nSPS) is 29.4. The Morgan fingerprint density at radius 3 is 2.59 bits per heavy atom. The number of carboxylic acids is 1. The van der Waals surface area contributed by atoms with Crippen molar-refractivity contribution in [2.75, 3.05) is 32.3 Å². The molecule has 8 rings (SSSR count). The number of rotatable bonds is 11. The maximum Gasteiger partial charge on any atom is 0.344 e. The van der Waals surface area contributed by atoms with Crippen LogP contribution in [0.4, 0.5) is 5.69 Å². The first kappa shape index (κ1) is 49.3. The summed E-state index contributed by atoms with van der Waals surface area (Å²) in [6.45, 7) is 7.77. The Balaban J connectivity index is 1.25. The topological polar surface area (TPSA) is 294 Å². The number of anilines is 1. The minimum absolute atomic E-state index is 0.00586. The van der Waals surface area contributed by atoms with E-state index in [-0.39, 0.29) is 90.7 Å². The second-order valence-electron chi connectivity index (χ2n) is 19.0. The molecule has 0 amide bonds. The molecule has 10 atom stereocenters. The van der Waals surface area contributed by atoms with Gasteiger partial charge in [0.2, 0.25) is 24.1 Å². The average molecular weight is 959 g/mol. The molecule has 0 aliphatic carbocycles. The summed E-state index contributed by atoms with van der Waals surface area (Å²) in [6.07, 6.45) is -7.40. The molecule has 1 spiro atoms. The standard InChI is InChI=1S/C50H62N4O15/c1-6-26-10-7-11-27(19-26)14-17-65-41-37(55)35-34-29(13-9-16-64-40(34)38(41)56)22-50(47(62)68-44(35)60)46(61)49(63)15-8-12-28-20-31-36(54-25(4)30(28)18-24(2)3)32(43(58)59)21-33(66-23-53-48(51)52-5)39(31)67-45(69-50)42(49)57/h7,10-11,19,21,24-25,28-30,42,45-47,54-57,61-63H,6,9,13-18,20,22-23H2,1-5H3,(H,58,59)(H3,51,52,53). The number of esters is 1. The van der Waals surface area contributed by atoms with E-state index in [1.54, 1.807) is 0 Å². The molecule has 5 aliphatic heterocycles. The van der Waals surface area contributed by atoms with E-state index in [0.717, 1.165) is 17.5 Å². The molecule has 5 heterocycles. The Hall–Kier alpha value is -6.17. The van der Waals surface area contributed by atoms with Crippen LogP contribution in [0.15, 0.2) is 35.3 Å². The fourth-order valence-electron chi connectivity index (χ4n) is 10.5. The van der Waals surface area contributed by atoms with Crippen LogP contribution in [0.2, 0.25) is 0 Å². The molecule has 1 fully saturated rings. The number of fused-ring (bicyclic) bond motifs is 3. The zero-order valence-electron chi connectivity index (χ0n) is 39.3. The van der Waals surface area contributed by atoms with Crippen molar-refractivity contribution in [3.63, 3.8) is 0 Å². The predicted molar refractivity (Wildman–Crippen MR) is 249 cm³/mol. The fourth-order valence-corrected chi connectivity index (χ4v) is 10.5. The lowest BCUT2D eigenvalue weighted by atomic mass is 9.69. The van der Waals surface area contributed by atoms with Crippen LogP contribution in [-0.4, -0.2) is 123 Å². The van der Waals surface area contributed by atoms with Crippen molar-refractivity contribution >= 4 is 23.6 Å². The zero-order valence-corrected chi connectivity index (χ0v) is 39.3. The number of nitrogens with one attached hydrogen (secondary N) is 2. The Bertz CT molecular complexity index is 2560. The summed E-state index contributed by atoms with van der Waals surface area (Å²) in [5.74, 6) is 0.00562. The van der Waals surface area contributed by atoms with E-state index in [2.05, 4.69) is 41.3 Å². The minimum atomic E-state index is -2.66. The summed E-state index contributed by atoms with van der Waals surface area (Å²) in [6, 6.07) is 8.77. The molecule has 1 saturated heterocycles. The lowest BCUT2D eigenvalue weighted by molar-refractivity contribution is -0.382. The van der Waals surface area contributed by atoms with Crippen molar-refractivity contribution in [2.45, 2.75) is 127 Å². The molecule has 11 N–H and O–H groups in total. The number of carbonyl (C=O) groups excluding carboxylic acids is 1. The Morgan fingerprint density at radius 1 is 1.10 bits per heavy atom. The lowest BCUT2D eigenvalue weighted by Gasteiger charge is -2.55. The first-order valence-corrected chi connectivity index (χ1v) is 23.5. The lowest BCUT2D eigenvalue weighted by Crippen LogP contribution is -2.76. The maximum atomic E-state index is 14.4. The van der Waals surface area contributed by atoms with Gasteiger partial charge in [-0.1, -0.05) is 56.9 Å². The SMILES string of the molecule is CCc1cccc(CCOc2c(O)c3c4c(c2O)C(=O)OC(O)C2(CC4CCCO3)OC3Oc4c(OCNC(N)=NC)cc(C(=O)O)c5c4CC(C#CCC(O)(C3O)C2O)C(CC(C)C)C(C)N5)c1. The van der Waals surface area contributed by atoms with Crippen molar-refractivity contribution in [3.8, 4) is 46.3 Å². The Kier molecular flexibility index (Phi) is 14.0. The number of phenolic OH excluding ortho intramolecular Hbond substituents is 2. The van der Waals surface area contributed by atoms with E-state index in [0.29, 0.717) is 24.8 Å². The highest BCUT2D eigenvalue weighted by molar-refractivity contribution is 5.98. The number of carbonyl (C=O) groups is 2. The number of hydrogen-bond acceptors (Lipinski definition) is 16. The number of aliphatic hydroxyl groups is 4. The first-order valence-electron chi connectivity index (χ1n) is 23.5. The average Bonchev–Trinajstić information content (AvgIpc) is 3.60. The van der Waals surface area contributed by atoms with Gasteiger partial charge in [-0.25, -0.2) is 9.59 Å². The van der Waals surface area contributed by atoms with Gasteiger partial charge >= 0.3 is 11.9 Å². The highest BCUT2D eigenvalue weighted by atomic mass is 16.7. The van der Waals surface area contributed by atoms with Crippen LogP contribution >= 0.6 is 0 Å². The summed E-state index contributed by atoms with van der Waals surface area (Å²) in [5, 5.41) is 90.1. The highest BCUT2D eigenvalue weighted by Crippen LogP contribution is 2.57. The van der Waals surface area contributed by atoms with Gasteiger partial charge in [-0.3, -0.25) is 4.99 Å². The maximum absolute atomic E-state index is 14.4. The van der Waals surface area contributed by atoms with E-state index in [9.17, 15) is 45.3 Å². The van der Waals surface area contributed by atoms with Gasteiger partial charge in [0.15, 0.2) is 41.3 Å². The number of guanidine groups is 1. The molecule has 3 aromatic carbocycles. The number of carboxylic acid groups (broad SMARTS) is 1. The molecule has 0 saturated carbocycles. The summed E-state index contributed by atoms with van der Waals surface area (Å²) < 4.78 is 37.0. The number of nitrogens with zero attached hydrogens (tertiary/aromatic N) is 1. The van der Waals surface area contributed by atoms with E-state index in [1.807, 2.05) is 38.1 Å². The number of phenols is 2. The molecule has 19 heteroatoms. The molecule has 4 bridgehead atoms. The first-order chi connectivity index (χ1) is 32.9. The summed E-state index contributed by atoms with van der Waals surface area (Å²) in [7, 11) is 1.45. The van der Waals surface area contributed by atoms with Crippen LogP contribution in [0.5, 0.6) is 34.5 Å². The molecule has 0 radical (unpaired) electrons. The Labute approximate surface area is 399 Å². The zero-order chi connectivity index (χ0) is 49.5. The van der Waals surface area contributed by atoms with Crippen molar-refractivity contribution in [1.82, 2.24) is 5.32 Å². The molecular weight excluding hydrogens is 897 g/mol. The number of aromatic carboxylic acids is 1. The second kappa shape index (κ2) is 19.7. The molecule has 372 valence electrons. The van der Waals surface area contributed by atoms with Gasteiger partial charge in [-0.15, -0.1) is 0 Å². The fraction of sp³-hybridized carbons (Fsp3) is 0.540. The van der Waals surface area contributed by atoms with Crippen molar-refractivity contribution in [2.24, 2.45) is 28.5 Å². The number of aliphatic imine (C=N–C) groups is 1. The molecule has 10 unspecified atom stereocenters. The molecule has 3 aromatic rings. The summed E-state index contributed by atoms with van der Waals surface area (Å²) >= 11 is 0. The van der Waals surface area contributed by atoms with Gasteiger partial charge in [0.05, 0.1) is 24.5 Å². The third-order valence-electron chi connectivity index (χ3n) is 14.1. The monoisotopic (exact) mass is 958 g/mol. The van der Waals surface area contributed by atoms with Crippen LogP contribution < -0.4 is 35.3 Å². The minimum Gasteiger partial charge on any atom is -0.504 e. The number of aryl methyl sites for hydroxylation is 1. The van der Waals surface area contributed by atoms with E-state index >= 15 is 0 Å². The van der Waals surface area contributed by atoms with E-state index in [4.69, 9.17) is 34.2 Å². The van der Waals surface area contributed by atoms with E-state index in [1.165, 1.54) is 13.1 Å². The Morgan fingerprint density at radius 2 is 1.87 bits per heavy atom. The van der Waals surface area contributed by atoms with Gasteiger partial charge in [0.1, 0.15) is 23.4 Å². The van der Waals surface area contributed by atoms with Crippen molar-refractivity contribution in [3.05, 3.63) is 63.7 Å². The van der Waals surface area contributed by atoms with Gasteiger partial charge in [0, 0.05) is 49.0 Å². The summed E-state index contributed by atoms with van der Waals surface area (Å²) in [5.41, 5.74) is 2.62. The van der Waals surface area contributed by atoms with Crippen LogP contribution in [0.1, 0.15) is 109 Å². The number of cyclic esters (lactones) is 1. The quantitative estimate of drug-likeness (QED) is 0.0431. The number of hydrogen-bond donors (Lipinski definition) is 10. The molecular formula is C50H62N4O15. The number of benzene rings is 3. The van der Waals surface area contributed by atoms with Crippen LogP contribution in [0, 0.1) is 29.6 Å². The van der Waals surface area contributed by atoms with Gasteiger partial charge in [0.25, 0.3) is 0 Å². The molecule has 69 heavy (non-hydrogen) atoms. The molecule has 5 aliphatic rings. The van der Waals surface area contributed by atoms with Crippen molar-refractivity contribution < 1.29 is 73.8 Å². The largest absolute Gasteiger partial charge is 0.504 e. The third kappa shape index (κ3) is 9.11. The number of ether oxygens (including phenoxy) is 6. The predicted octanol–water partition coefficient (Wildman–Crippen LogP) is 3.65. The van der Waals surface area contributed by atoms with E-state index < -0.39 is 95.4 Å². The van der Waals surface area contributed by atoms with Gasteiger partial charge < -0.3 is 80.5 Å². The number of aliphatic hydroxyl groups excluding tert-OH is 3. The third-order valence-corrected chi connectivity index (χ3v) is 14.1.